The van der Waals surface area contributed by atoms with Crippen LogP contribution < -0.4 is 21.3 Å². The number of carbonyl (C=O) groups is 1. The standard InChI is InChI=1S/C16H20N4O3/c1-3-8-23-12-6-4-11(5-7-12)9-13-19-15(17)14(16(22)20-13)18-10(2)21/h4-7H,3,8-9H2,1-2H3,(H,18,21)(H3,17,19,20,22). The molecule has 1 heterocycles. The molecule has 0 unspecified atom stereocenters. The molecule has 0 atom stereocenters. The first-order chi connectivity index (χ1) is 11.0. The van der Waals surface area contributed by atoms with Crippen LogP contribution >= 0.6 is 0 Å². The van der Waals surface area contributed by atoms with E-state index in [4.69, 9.17) is 10.5 Å². The predicted octanol–water partition coefficient (Wildman–Crippen LogP) is 1.69. The lowest BCUT2D eigenvalue weighted by Crippen LogP contribution is -2.22. The van der Waals surface area contributed by atoms with E-state index < -0.39 is 5.56 Å². The molecule has 23 heavy (non-hydrogen) atoms. The number of aromatic nitrogens is 2. The Morgan fingerprint density at radius 3 is 2.61 bits per heavy atom. The monoisotopic (exact) mass is 316 g/mol. The quantitative estimate of drug-likeness (QED) is 0.751. The normalized spacial score (nSPS) is 10.3. The number of ether oxygens (including phenoxy) is 1. The third kappa shape index (κ3) is 4.57. The van der Waals surface area contributed by atoms with Crippen LogP contribution in [0.15, 0.2) is 29.1 Å². The van der Waals surface area contributed by atoms with Crippen LogP contribution in [0.4, 0.5) is 11.5 Å². The van der Waals surface area contributed by atoms with Crippen molar-refractivity contribution >= 4 is 17.4 Å². The molecule has 1 aromatic heterocycles. The van der Waals surface area contributed by atoms with Gasteiger partial charge in [-0.25, -0.2) is 4.98 Å². The van der Waals surface area contributed by atoms with E-state index >= 15 is 0 Å². The van der Waals surface area contributed by atoms with Crippen molar-refractivity contribution in [1.29, 1.82) is 0 Å². The number of carbonyl (C=O) groups excluding carboxylic acids is 1. The molecule has 0 aliphatic heterocycles. The number of nitrogens with zero attached hydrogens (tertiary/aromatic N) is 1. The molecule has 1 amide bonds. The van der Waals surface area contributed by atoms with Crippen molar-refractivity contribution in [1.82, 2.24) is 9.97 Å². The van der Waals surface area contributed by atoms with Gasteiger partial charge in [0, 0.05) is 13.3 Å². The van der Waals surface area contributed by atoms with E-state index in [1.165, 1.54) is 6.92 Å². The third-order valence-corrected chi connectivity index (χ3v) is 3.07. The zero-order chi connectivity index (χ0) is 16.8. The van der Waals surface area contributed by atoms with Gasteiger partial charge in [0.25, 0.3) is 5.56 Å². The number of nitrogen functional groups attached to an aromatic ring is 1. The molecule has 2 aromatic rings. The van der Waals surface area contributed by atoms with Gasteiger partial charge in [-0.2, -0.15) is 0 Å². The molecule has 0 saturated carbocycles. The molecule has 122 valence electrons. The molecular weight excluding hydrogens is 296 g/mol. The summed E-state index contributed by atoms with van der Waals surface area (Å²) in [6.07, 6.45) is 1.38. The molecule has 1 aromatic carbocycles. The zero-order valence-corrected chi connectivity index (χ0v) is 13.2. The lowest BCUT2D eigenvalue weighted by molar-refractivity contribution is -0.114. The number of rotatable bonds is 6. The minimum atomic E-state index is -0.467. The van der Waals surface area contributed by atoms with Crippen molar-refractivity contribution in [3.63, 3.8) is 0 Å². The fourth-order valence-electron chi connectivity index (χ4n) is 2.04. The molecule has 4 N–H and O–H groups in total. The molecule has 0 aliphatic rings. The van der Waals surface area contributed by atoms with Gasteiger partial charge in [-0.1, -0.05) is 19.1 Å². The van der Waals surface area contributed by atoms with Gasteiger partial charge in [-0.15, -0.1) is 0 Å². The minimum Gasteiger partial charge on any atom is -0.494 e. The van der Waals surface area contributed by atoms with E-state index in [1.807, 2.05) is 31.2 Å². The molecule has 0 spiro atoms. The Kier molecular flexibility index (Phi) is 5.35. The first-order valence-corrected chi connectivity index (χ1v) is 7.37. The van der Waals surface area contributed by atoms with E-state index in [9.17, 15) is 9.59 Å². The van der Waals surface area contributed by atoms with E-state index in [1.54, 1.807) is 0 Å². The van der Waals surface area contributed by atoms with Crippen molar-refractivity contribution in [2.24, 2.45) is 0 Å². The number of H-pyrrole nitrogens is 1. The number of benzene rings is 1. The number of amides is 1. The third-order valence-electron chi connectivity index (χ3n) is 3.07. The number of anilines is 2. The van der Waals surface area contributed by atoms with Crippen molar-refractivity contribution in [3.8, 4) is 5.75 Å². The maximum Gasteiger partial charge on any atom is 0.276 e. The Bertz CT molecular complexity index is 738. The van der Waals surface area contributed by atoms with Gasteiger partial charge in [0.2, 0.25) is 5.91 Å². The molecule has 7 nitrogen and oxygen atoms in total. The summed E-state index contributed by atoms with van der Waals surface area (Å²) in [6, 6.07) is 7.56. The smallest absolute Gasteiger partial charge is 0.276 e. The molecule has 2 rings (SSSR count). The second kappa shape index (κ2) is 7.44. The van der Waals surface area contributed by atoms with Crippen molar-refractivity contribution in [2.45, 2.75) is 26.7 Å². The number of hydrogen-bond donors (Lipinski definition) is 3. The van der Waals surface area contributed by atoms with Crippen molar-refractivity contribution < 1.29 is 9.53 Å². The molecule has 0 radical (unpaired) electrons. The van der Waals surface area contributed by atoms with Crippen LogP contribution in [0.2, 0.25) is 0 Å². The predicted molar refractivity (Wildman–Crippen MR) is 88.6 cm³/mol. The number of aromatic amines is 1. The largest absolute Gasteiger partial charge is 0.494 e. The van der Waals surface area contributed by atoms with Gasteiger partial charge >= 0.3 is 0 Å². The first kappa shape index (κ1) is 16.5. The lowest BCUT2D eigenvalue weighted by Gasteiger charge is -2.08. The van der Waals surface area contributed by atoms with Crippen molar-refractivity contribution in [3.05, 3.63) is 46.0 Å². The summed E-state index contributed by atoms with van der Waals surface area (Å²) < 4.78 is 5.52. The fourth-order valence-corrected chi connectivity index (χ4v) is 2.04. The Hall–Kier alpha value is -2.83. The Morgan fingerprint density at radius 2 is 2.04 bits per heavy atom. The maximum atomic E-state index is 11.9. The molecule has 0 bridgehead atoms. The van der Waals surface area contributed by atoms with Crippen LogP contribution in [0.1, 0.15) is 31.7 Å². The zero-order valence-electron chi connectivity index (χ0n) is 13.2. The van der Waals surface area contributed by atoms with Crippen LogP contribution in [0.3, 0.4) is 0 Å². The van der Waals surface area contributed by atoms with Gasteiger partial charge in [0.15, 0.2) is 5.82 Å². The van der Waals surface area contributed by atoms with Crippen molar-refractivity contribution in [2.75, 3.05) is 17.7 Å². The van der Waals surface area contributed by atoms with Crippen LogP contribution in [0.5, 0.6) is 5.75 Å². The maximum absolute atomic E-state index is 11.9. The van der Waals surface area contributed by atoms with Crippen LogP contribution in [0, 0.1) is 0 Å². The average Bonchev–Trinajstić information content (AvgIpc) is 2.50. The summed E-state index contributed by atoms with van der Waals surface area (Å²) in [4.78, 5) is 29.7. The highest BCUT2D eigenvalue weighted by Crippen LogP contribution is 2.15. The fraction of sp³-hybridized carbons (Fsp3) is 0.312. The minimum absolute atomic E-state index is 0.00171. The van der Waals surface area contributed by atoms with E-state index in [0.717, 1.165) is 17.7 Å². The Balaban J connectivity index is 2.14. The molecule has 0 aliphatic carbocycles. The topological polar surface area (TPSA) is 110 Å². The molecular formula is C16H20N4O3. The average molecular weight is 316 g/mol. The Labute approximate surface area is 133 Å². The van der Waals surface area contributed by atoms with E-state index in [0.29, 0.717) is 18.9 Å². The van der Waals surface area contributed by atoms with E-state index in [2.05, 4.69) is 15.3 Å². The van der Waals surface area contributed by atoms with Crippen LogP contribution in [-0.4, -0.2) is 22.5 Å². The molecule has 7 heteroatoms. The first-order valence-electron chi connectivity index (χ1n) is 7.37. The van der Waals surface area contributed by atoms with Crippen LogP contribution in [0.25, 0.3) is 0 Å². The summed E-state index contributed by atoms with van der Waals surface area (Å²) in [5.74, 6) is 0.864. The number of hydrogen-bond acceptors (Lipinski definition) is 5. The molecule has 0 saturated heterocycles. The second-order valence-corrected chi connectivity index (χ2v) is 5.12. The van der Waals surface area contributed by atoms with Crippen LogP contribution in [-0.2, 0) is 11.2 Å². The van der Waals surface area contributed by atoms with Gasteiger partial charge < -0.3 is 20.8 Å². The van der Waals surface area contributed by atoms with E-state index in [-0.39, 0.29) is 17.4 Å². The number of nitrogens with two attached hydrogens (primary N) is 1. The highest BCUT2D eigenvalue weighted by atomic mass is 16.5. The SMILES string of the molecule is CCCOc1ccc(Cc2nc(N)c(NC(C)=O)c(=O)[nH]2)cc1. The van der Waals surface area contributed by atoms with Gasteiger partial charge in [-0.3, -0.25) is 9.59 Å². The molecule has 0 fully saturated rings. The lowest BCUT2D eigenvalue weighted by atomic mass is 10.1. The summed E-state index contributed by atoms with van der Waals surface area (Å²) in [5, 5.41) is 2.37. The summed E-state index contributed by atoms with van der Waals surface area (Å²) >= 11 is 0. The summed E-state index contributed by atoms with van der Waals surface area (Å²) in [5.41, 5.74) is 6.21. The number of nitrogens with one attached hydrogen (secondary N) is 2. The van der Waals surface area contributed by atoms with Gasteiger partial charge in [-0.05, 0) is 24.1 Å². The van der Waals surface area contributed by atoms with Gasteiger partial charge in [0.05, 0.1) is 6.61 Å². The highest BCUT2D eigenvalue weighted by Gasteiger charge is 2.10. The summed E-state index contributed by atoms with van der Waals surface area (Å²) in [6.45, 7) is 4.02. The Morgan fingerprint density at radius 1 is 1.35 bits per heavy atom. The van der Waals surface area contributed by atoms with Gasteiger partial charge in [0.1, 0.15) is 17.3 Å². The summed E-state index contributed by atoms with van der Waals surface area (Å²) in [7, 11) is 0. The second-order valence-electron chi connectivity index (χ2n) is 5.12. The highest BCUT2D eigenvalue weighted by molar-refractivity contribution is 5.91.